The van der Waals surface area contributed by atoms with Crippen LogP contribution in [0.25, 0.3) is 11.8 Å². The minimum atomic E-state index is -0.429. The number of benzene rings is 1. The summed E-state index contributed by atoms with van der Waals surface area (Å²) in [6.45, 7) is 9.99. The first-order chi connectivity index (χ1) is 13.3. The van der Waals surface area contributed by atoms with Gasteiger partial charge in [0, 0.05) is 23.2 Å². The summed E-state index contributed by atoms with van der Waals surface area (Å²) in [5.74, 6) is 0.525. The van der Waals surface area contributed by atoms with Gasteiger partial charge in [0.15, 0.2) is 11.7 Å². The van der Waals surface area contributed by atoms with E-state index in [0.29, 0.717) is 11.6 Å². The predicted molar refractivity (Wildman–Crippen MR) is 110 cm³/mol. The van der Waals surface area contributed by atoms with Gasteiger partial charge < -0.3 is 9.40 Å². The van der Waals surface area contributed by atoms with E-state index in [0.717, 1.165) is 22.6 Å². The Balaban J connectivity index is 1.78. The molecule has 0 unspecified atom stereocenters. The molecule has 0 saturated carbocycles. The number of aryl methyl sites for hydroxylation is 3. The molecule has 0 fully saturated rings. The smallest absolute Gasteiger partial charge is 0.282 e. The monoisotopic (exact) mass is 374 g/mol. The van der Waals surface area contributed by atoms with Crippen LogP contribution in [0, 0.1) is 33.1 Å². The zero-order valence-electron chi connectivity index (χ0n) is 16.6. The van der Waals surface area contributed by atoms with E-state index in [2.05, 4.69) is 41.6 Å². The lowest BCUT2D eigenvalue weighted by atomic mass is 10.1. The Kier molecular flexibility index (Phi) is 4.07. The fourth-order valence-corrected chi connectivity index (χ4v) is 3.72. The number of allylic oxidation sites excluding steroid dienone is 1. The zero-order chi connectivity index (χ0) is 20.2. The van der Waals surface area contributed by atoms with Gasteiger partial charge in [-0.2, -0.15) is 4.99 Å². The second-order valence-electron chi connectivity index (χ2n) is 7.27. The molecular formula is C22H22N4O2. The number of amides is 1. The van der Waals surface area contributed by atoms with Crippen LogP contribution in [-0.2, 0) is 9.63 Å². The van der Waals surface area contributed by atoms with Crippen LogP contribution in [0.2, 0.25) is 0 Å². The Morgan fingerprint density at radius 2 is 1.86 bits per heavy atom. The number of aliphatic imine (C=N–C) groups is 1. The average molecular weight is 374 g/mol. The van der Waals surface area contributed by atoms with Crippen LogP contribution >= 0.6 is 0 Å². The molecule has 1 amide bonds. The lowest BCUT2D eigenvalue weighted by molar-refractivity contribution is -0.114. The first kappa shape index (κ1) is 18.0. The molecule has 0 bridgehead atoms. The van der Waals surface area contributed by atoms with Crippen molar-refractivity contribution < 1.29 is 9.63 Å². The third-order valence-electron chi connectivity index (χ3n) is 5.04. The molecule has 3 heterocycles. The Hall–Kier alpha value is -3.41. The van der Waals surface area contributed by atoms with Gasteiger partial charge in [0.05, 0.1) is 5.57 Å². The van der Waals surface area contributed by atoms with Crippen LogP contribution in [0.4, 0.5) is 0 Å². The molecule has 0 aliphatic carbocycles. The molecule has 0 radical (unpaired) electrons. The highest BCUT2D eigenvalue weighted by Gasteiger charge is 2.34. The largest absolute Gasteiger partial charge is 0.376 e. The highest BCUT2D eigenvalue weighted by Crippen LogP contribution is 2.28. The van der Waals surface area contributed by atoms with E-state index in [9.17, 15) is 4.79 Å². The maximum atomic E-state index is 12.5. The van der Waals surface area contributed by atoms with Crippen LogP contribution in [0.15, 0.2) is 46.7 Å². The second kappa shape index (κ2) is 6.34. The number of aromatic nitrogens is 1. The molecule has 1 aromatic heterocycles. The molecule has 1 N–H and O–H groups in total. The molecule has 28 heavy (non-hydrogen) atoms. The zero-order valence-corrected chi connectivity index (χ0v) is 16.6. The number of carbonyl (C=O) groups is 1. The van der Waals surface area contributed by atoms with Crippen LogP contribution in [0.5, 0.6) is 0 Å². The van der Waals surface area contributed by atoms with Crippen molar-refractivity contribution in [1.82, 2.24) is 9.63 Å². The van der Waals surface area contributed by atoms with Gasteiger partial charge in [-0.05, 0) is 64.0 Å². The molecule has 2 aliphatic rings. The molecule has 6 heteroatoms. The molecule has 6 nitrogen and oxygen atoms in total. The topological polar surface area (TPSA) is 70.7 Å². The van der Waals surface area contributed by atoms with Crippen molar-refractivity contribution in [3.05, 3.63) is 69.8 Å². The van der Waals surface area contributed by atoms with Gasteiger partial charge in [-0.3, -0.25) is 10.2 Å². The van der Waals surface area contributed by atoms with Crippen molar-refractivity contribution in [2.75, 3.05) is 0 Å². The summed E-state index contributed by atoms with van der Waals surface area (Å²) in [5.41, 5.74) is 6.67. The van der Waals surface area contributed by atoms with Gasteiger partial charge in [-0.25, -0.2) is 0 Å². The number of fused-ring (bicyclic) bond motifs is 1. The molecular weight excluding hydrogens is 352 g/mol. The van der Waals surface area contributed by atoms with Gasteiger partial charge in [0.1, 0.15) is 5.76 Å². The van der Waals surface area contributed by atoms with E-state index in [1.54, 1.807) is 19.1 Å². The van der Waals surface area contributed by atoms with Crippen molar-refractivity contribution in [2.45, 2.75) is 34.6 Å². The number of hydrogen-bond acceptors (Lipinski definition) is 3. The molecule has 1 aromatic carbocycles. The maximum Gasteiger partial charge on any atom is 0.282 e. The molecule has 0 saturated heterocycles. The Bertz CT molecular complexity index is 1130. The average Bonchev–Trinajstić information content (AvgIpc) is 3.12. The highest BCUT2D eigenvalue weighted by molar-refractivity contribution is 6.32. The fourth-order valence-electron chi connectivity index (χ4n) is 3.72. The summed E-state index contributed by atoms with van der Waals surface area (Å²) in [5, 5.41) is 9.67. The number of amidine groups is 2. The summed E-state index contributed by atoms with van der Waals surface area (Å²) in [4.78, 5) is 22.0. The van der Waals surface area contributed by atoms with Gasteiger partial charge in [0.2, 0.25) is 0 Å². The highest BCUT2D eigenvalue weighted by atomic mass is 16.7. The molecule has 2 aliphatic heterocycles. The quantitative estimate of drug-likeness (QED) is 0.803. The lowest BCUT2D eigenvalue weighted by Crippen LogP contribution is -2.38. The maximum absolute atomic E-state index is 12.5. The van der Waals surface area contributed by atoms with Gasteiger partial charge >= 0.3 is 0 Å². The van der Waals surface area contributed by atoms with E-state index in [-0.39, 0.29) is 11.4 Å². The van der Waals surface area contributed by atoms with Crippen molar-refractivity contribution in [3.8, 4) is 5.69 Å². The van der Waals surface area contributed by atoms with Gasteiger partial charge in [0.25, 0.3) is 5.91 Å². The Morgan fingerprint density at radius 1 is 1.11 bits per heavy atom. The summed E-state index contributed by atoms with van der Waals surface area (Å²) < 4.78 is 2.17. The summed E-state index contributed by atoms with van der Waals surface area (Å²) in [7, 11) is 0. The molecule has 4 rings (SSSR count). The Morgan fingerprint density at radius 3 is 2.57 bits per heavy atom. The number of carbonyl (C=O) groups excluding carboxylic acids is 1. The molecule has 2 aromatic rings. The number of nitrogens with zero attached hydrogens (tertiary/aromatic N) is 3. The van der Waals surface area contributed by atoms with Crippen molar-refractivity contribution in [3.63, 3.8) is 0 Å². The molecule has 0 atom stereocenters. The predicted octanol–water partition coefficient (Wildman–Crippen LogP) is 4.16. The van der Waals surface area contributed by atoms with E-state index >= 15 is 0 Å². The normalized spacial score (nSPS) is 17.6. The summed E-state index contributed by atoms with van der Waals surface area (Å²) in [6, 6.07) is 8.38. The van der Waals surface area contributed by atoms with E-state index in [1.165, 1.54) is 16.2 Å². The SMILES string of the molecule is CC1=CC2=NC(=O)/C(=C\c3cc(C)n(-c4ccc(C)cc4C)c3C)C(=N)N2O1. The van der Waals surface area contributed by atoms with Crippen LogP contribution in [0.3, 0.4) is 0 Å². The van der Waals surface area contributed by atoms with E-state index in [4.69, 9.17) is 10.2 Å². The summed E-state index contributed by atoms with van der Waals surface area (Å²) >= 11 is 0. The third-order valence-corrected chi connectivity index (χ3v) is 5.04. The molecule has 142 valence electrons. The second-order valence-corrected chi connectivity index (χ2v) is 7.27. The molecule has 0 spiro atoms. The van der Waals surface area contributed by atoms with Gasteiger partial charge in [-0.15, -0.1) is 5.06 Å². The first-order valence-corrected chi connectivity index (χ1v) is 9.13. The van der Waals surface area contributed by atoms with E-state index in [1.807, 2.05) is 19.9 Å². The minimum absolute atomic E-state index is 0.000537. The number of hydroxylamine groups is 2. The first-order valence-electron chi connectivity index (χ1n) is 9.13. The van der Waals surface area contributed by atoms with Crippen LogP contribution in [-0.4, -0.2) is 27.2 Å². The number of nitrogens with one attached hydrogen (secondary N) is 1. The number of rotatable bonds is 2. The fraction of sp³-hybridized carbons (Fsp3) is 0.227. The minimum Gasteiger partial charge on any atom is -0.376 e. The van der Waals surface area contributed by atoms with E-state index < -0.39 is 5.91 Å². The summed E-state index contributed by atoms with van der Waals surface area (Å²) in [6.07, 6.45) is 3.37. The lowest BCUT2D eigenvalue weighted by Gasteiger charge is -2.23. The van der Waals surface area contributed by atoms with Gasteiger partial charge in [-0.1, -0.05) is 17.7 Å². The van der Waals surface area contributed by atoms with Crippen LogP contribution in [0.1, 0.15) is 35.0 Å². The van der Waals surface area contributed by atoms with Crippen molar-refractivity contribution >= 4 is 23.7 Å². The standard InChI is InChI=1S/C22H22N4O2/c1-12-6-7-19(13(2)8-12)25-14(3)9-17(16(25)5)11-18-21(23)26-20(24-22(18)27)10-15(4)28-26/h6-11,23H,1-5H3/b18-11-,23-21?. The third kappa shape index (κ3) is 2.78. The van der Waals surface area contributed by atoms with Crippen molar-refractivity contribution in [1.29, 1.82) is 5.41 Å². The van der Waals surface area contributed by atoms with Crippen molar-refractivity contribution in [2.24, 2.45) is 4.99 Å². The van der Waals surface area contributed by atoms with Crippen LogP contribution < -0.4 is 0 Å². The Labute approximate surface area is 163 Å². The number of hydrogen-bond donors (Lipinski definition) is 1.